The lowest BCUT2D eigenvalue weighted by molar-refractivity contribution is 0.609. The Bertz CT molecular complexity index is 845. The molecule has 1 aromatic heterocycles. The molecule has 0 saturated carbocycles. The van der Waals surface area contributed by atoms with Crippen LogP contribution in [0.1, 0.15) is 0 Å². The Kier molecular flexibility index (Phi) is 4.04. The maximum Gasteiger partial charge on any atom is 0.261 e. The van der Waals surface area contributed by atoms with E-state index in [2.05, 4.69) is 9.97 Å². The molecular formula is C13H10Cl2N2O2S. The number of halogens is 2. The first-order valence-electron chi connectivity index (χ1n) is 5.54. The minimum atomic E-state index is -3.73. The lowest BCUT2D eigenvalue weighted by Crippen LogP contribution is -1.89. The van der Waals surface area contributed by atoms with Crippen molar-refractivity contribution in [3.63, 3.8) is 0 Å². The molecule has 3 rings (SSSR count). The molecule has 1 heterocycles. The smallest absolute Gasteiger partial charge is 0.261 e. The molecule has 3 aromatic rings. The van der Waals surface area contributed by atoms with Gasteiger partial charge in [-0.15, -0.1) is 12.4 Å². The van der Waals surface area contributed by atoms with Gasteiger partial charge in [-0.05, 0) is 18.2 Å². The van der Waals surface area contributed by atoms with Gasteiger partial charge in [0, 0.05) is 16.2 Å². The van der Waals surface area contributed by atoms with Crippen LogP contribution < -0.4 is 0 Å². The largest absolute Gasteiger partial charge is 0.338 e. The summed E-state index contributed by atoms with van der Waals surface area (Å²) in [6.07, 6.45) is 0. The van der Waals surface area contributed by atoms with E-state index < -0.39 is 9.05 Å². The Labute approximate surface area is 126 Å². The van der Waals surface area contributed by atoms with Crippen LogP contribution in [0, 0.1) is 0 Å². The second-order valence-corrected chi connectivity index (χ2v) is 6.63. The Morgan fingerprint density at radius 1 is 1.05 bits per heavy atom. The third-order valence-corrected chi connectivity index (χ3v) is 4.13. The van der Waals surface area contributed by atoms with Crippen LogP contribution in [0.3, 0.4) is 0 Å². The molecule has 0 amide bonds. The van der Waals surface area contributed by atoms with E-state index in [4.69, 9.17) is 10.7 Å². The molecule has 0 spiro atoms. The van der Waals surface area contributed by atoms with Crippen molar-refractivity contribution in [1.82, 2.24) is 9.97 Å². The van der Waals surface area contributed by atoms with Crippen LogP contribution >= 0.6 is 23.1 Å². The van der Waals surface area contributed by atoms with Gasteiger partial charge in [-0.2, -0.15) is 0 Å². The Balaban J connectivity index is 0.00000147. The summed E-state index contributed by atoms with van der Waals surface area (Å²) in [5.41, 5.74) is 2.28. The van der Waals surface area contributed by atoms with Crippen molar-refractivity contribution < 1.29 is 8.42 Å². The fourth-order valence-electron chi connectivity index (χ4n) is 1.87. The number of fused-ring (bicyclic) bond motifs is 1. The van der Waals surface area contributed by atoms with Gasteiger partial charge in [0.15, 0.2) is 0 Å². The standard InChI is InChI=1S/C13H9ClN2O2S.ClH/c14-19(17,18)10-6-7-11-12(8-10)16-13(15-11)9-4-2-1-3-5-9;/h1-8H,(H,15,16);1H. The van der Waals surface area contributed by atoms with E-state index in [1.165, 1.54) is 12.1 Å². The fraction of sp³-hybridized carbons (Fsp3) is 0. The highest BCUT2D eigenvalue weighted by atomic mass is 35.7. The van der Waals surface area contributed by atoms with E-state index in [-0.39, 0.29) is 17.3 Å². The number of H-pyrrole nitrogens is 1. The van der Waals surface area contributed by atoms with Crippen LogP contribution in [-0.4, -0.2) is 18.4 Å². The summed E-state index contributed by atoms with van der Waals surface area (Å²) in [4.78, 5) is 7.56. The van der Waals surface area contributed by atoms with E-state index in [0.29, 0.717) is 16.9 Å². The highest BCUT2D eigenvalue weighted by Gasteiger charge is 2.12. The van der Waals surface area contributed by atoms with Crippen molar-refractivity contribution in [1.29, 1.82) is 0 Å². The zero-order chi connectivity index (χ0) is 13.5. The average Bonchev–Trinajstić information content (AvgIpc) is 2.81. The van der Waals surface area contributed by atoms with Gasteiger partial charge in [0.2, 0.25) is 0 Å². The van der Waals surface area contributed by atoms with Gasteiger partial charge in [-0.1, -0.05) is 30.3 Å². The second-order valence-electron chi connectivity index (χ2n) is 4.07. The second kappa shape index (κ2) is 5.44. The summed E-state index contributed by atoms with van der Waals surface area (Å²) in [6.45, 7) is 0. The third-order valence-electron chi connectivity index (χ3n) is 2.78. The van der Waals surface area contributed by atoms with E-state index in [9.17, 15) is 8.42 Å². The molecule has 0 aliphatic heterocycles. The molecule has 0 unspecified atom stereocenters. The SMILES string of the molecule is Cl.O=S(=O)(Cl)c1ccc2nc(-c3ccccc3)[nH]c2c1. The topological polar surface area (TPSA) is 62.8 Å². The van der Waals surface area contributed by atoms with Crippen molar-refractivity contribution in [3.8, 4) is 11.4 Å². The molecule has 0 aliphatic carbocycles. The summed E-state index contributed by atoms with van der Waals surface area (Å²) in [5, 5.41) is 0. The van der Waals surface area contributed by atoms with Crippen molar-refractivity contribution >= 4 is 43.2 Å². The first-order chi connectivity index (χ1) is 9.04. The molecule has 0 aliphatic rings. The highest BCUT2D eigenvalue weighted by molar-refractivity contribution is 8.13. The molecule has 0 bridgehead atoms. The van der Waals surface area contributed by atoms with Crippen LogP contribution in [0.2, 0.25) is 0 Å². The van der Waals surface area contributed by atoms with Gasteiger partial charge in [-0.3, -0.25) is 0 Å². The predicted octanol–water partition coefficient (Wildman–Crippen LogP) is 3.58. The molecule has 7 heteroatoms. The lowest BCUT2D eigenvalue weighted by Gasteiger charge is -1.94. The average molecular weight is 329 g/mol. The van der Waals surface area contributed by atoms with E-state index in [1.807, 2.05) is 30.3 Å². The molecule has 0 fully saturated rings. The number of imidazole rings is 1. The first kappa shape index (κ1) is 14.8. The van der Waals surface area contributed by atoms with Crippen molar-refractivity contribution in [3.05, 3.63) is 48.5 Å². The Morgan fingerprint density at radius 3 is 2.40 bits per heavy atom. The number of benzene rings is 2. The number of rotatable bonds is 2. The number of aromatic nitrogens is 2. The molecule has 20 heavy (non-hydrogen) atoms. The van der Waals surface area contributed by atoms with Crippen molar-refractivity contribution in [2.75, 3.05) is 0 Å². The summed E-state index contributed by atoms with van der Waals surface area (Å²) < 4.78 is 22.6. The van der Waals surface area contributed by atoms with Gasteiger partial charge in [-0.25, -0.2) is 13.4 Å². The molecule has 0 saturated heterocycles. The summed E-state index contributed by atoms with van der Waals surface area (Å²) in [5.74, 6) is 0.694. The monoisotopic (exact) mass is 328 g/mol. The van der Waals surface area contributed by atoms with Gasteiger partial charge in [0.05, 0.1) is 15.9 Å². The van der Waals surface area contributed by atoms with E-state index >= 15 is 0 Å². The fourth-order valence-corrected chi connectivity index (χ4v) is 2.65. The van der Waals surface area contributed by atoms with Crippen LogP contribution in [0.15, 0.2) is 53.4 Å². The summed E-state index contributed by atoms with van der Waals surface area (Å²) in [7, 11) is 1.60. The van der Waals surface area contributed by atoms with Gasteiger partial charge in [0.1, 0.15) is 5.82 Å². The molecule has 2 aromatic carbocycles. The Hall–Kier alpha value is -1.56. The van der Waals surface area contributed by atoms with Gasteiger partial charge < -0.3 is 4.98 Å². The quantitative estimate of drug-likeness (QED) is 0.731. The molecule has 104 valence electrons. The number of aromatic amines is 1. The molecule has 0 atom stereocenters. The minimum absolute atomic E-state index is 0. The molecule has 1 N–H and O–H groups in total. The summed E-state index contributed by atoms with van der Waals surface area (Å²) >= 11 is 0. The first-order valence-corrected chi connectivity index (χ1v) is 7.85. The van der Waals surface area contributed by atoms with E-state index in [1.54, 1.807) is 6.07 Å². The van der Waals surface area contributed by atoms with Crippen LogP contribution in [-0.2, 0) is 9.05 Å². The summed E-state index contributed by atoms with van der Waals surface area (Å²) in [6, 6.07) is 14.2. The Morgan fingerprint density at radius 2 is 1.75 bits per heavy atom. The third kappa shape index (κ3) is 2.80. The molecule has 0 radical (unpaired) electrons. The molecule has 4 nitrogen and oxygen atoms in total. The van der Waals surface area contributed by atoms with E-state index in [0.717, 1.165) is 5.56 Å². The number of hydrogen-bond acceptors (Lipinski definition) is 3. The minimum Gasteiger partial charge on any atom is -0.338 e. The lowest BCUT2D eigenvalue weighted by atomic mass is 10.2. The normalized spacial score (nSPS) is 11.2. The zero-order valence-corrected chi connectivity index (χ0v) is 12.5. The van der Waals surface area contributed by atoms with Crippen LogP contribution in [0.25, 0.3) is 22.4 Å². The predicted molar refractivity (Wildman–Crippen MR) is 81.8 cm³/mol. The van der Waals surface area contributed by atoms with Crippen LogP contribution in [0.4, 0.5) is 0 Å². The van der Waals surface area contributed by atoms with Crippen LogP contribution in [0.5, 0.6) is 0 Å². The van der Waals surface area contributed by atoms with Gasteiger partial charge in [0.25, 0.3) is 9.05 Å². The van der Waals surface area contributed by atoms with Crippen molar-refractivity contribution in [2.24, 2.45) is 0 Å². The number of nitrogens with one attached hydrogen (secondary N) is 1. The van der Waals surface area contributed by atoms with Crippen molar-refractivity contribution in [2.45, 2.75) is 4.90 Å². The maximum atomic E-state index is 11.3. The number of hydrogen-bond donors (Lipinski definition) is 1. The zero-order valence-electron chi connectivity index (χ0n) is 10.1. The number of nitrogens with zero attached hydrogens (tertiary/aromatic N) is 1. The van der Waals surface area contributed by atoms with Gasteiger partial charge >= 0.3 is 0 Å². The maximum absolute atomic E-state index is 11.3. The highest BCUT2D eigenvalue weighted by Crippen LogP contribution is 2.23. The molecular weight excluding hydrogens is 319 g/mol.